The molecule has 0 bridgehead atoms. The zero-order chi connectivity index (χ0) is 15.1. The second-order valence-corrected chi connectivity index (χ2v) is 4.86. The molecule has 2 aromatic rings. The van der Waals surface area contributed by atoms with Gasteiger partial charge in [-0.2, -0.15) is 0 Å². The molecule has 0 aliphatic carbocycles. The van der Waals surface area contributed by atoms with Crippen LogP contribution in [0.25, 0.3) is 0 Å². The van der Waals surface area contributed by atoms with Crippen molar-refractivity contribution in [3.8, 4) is 11.5 Å². The summed E-state index contributed by atoms with van der Waals surface area (Å²) in [4.78, 5) is 0. The minimum Gasteiger partial charge on any atom is -0.504 e. The predicted octanol–water partition coefficient (Wildman–Crippen LogP) is 2.84. The van der Waals surface area contributed by atoms with E-state index in [1.165, 1.54) is 11.1 Å². The van der Waals surface area contributed by atoms with Gasteiger partial charge >= 0.3 is 0 Å². The normalized spacial score (nSPS) is 10.6. The minimum atomic E-state index is 0.161. The molecule has 112 valence electrons. The van der Waals surface area contributed by atoms with E-state index in [1.54, 1.807) is 20.3 Å². The molecule has 0 radical (unpaired) electrons. The van der Waals surface area contributed by atoms with E-state index in [-0.39, 0.29) is 5.75 Å². The highest BCUT2D eigenvalue weighted by Gasteiger charge is 2.02. The van der Waals surface area contributed by atoms with Crippen molar-refractivity contribution in [3.63, 3.8) is 0 Å². The van der Waals surface area contributed by atoms with Gasteiger partial charge < -0.3 is 19.9 Å². The van der Waals surface area contributed by atoms with Crippen LogP contribution < -0.4 is 10.1 Å². The van der Waals surface area contributed by atoms with Crippen molar-refractivity contribution in [2.75, 3.05) is 14.2 Å². The van der Waals surface area contributed by atoms with Crippen LogP contribution in [0, 0.1) is 0 Å². The Morgan fingerprint density at radius 1 is 0.952 bits per heavy atom. The monoisotopic (exact) mass is 287 g/mol. The molecule has 4 nitrogen and oxygen atoms in total. The molecule has 0 atom stereocenters. The van der Waals surface area contributed by atoms with Crippen molar-refractivity contribution in [3.05, 3.63) is 59.2 Å². The van der Waals surface area contributed by atoms with Crippen molar-refractivity contribution < 1.29 is 14.6 Å². The maximum absolute atomic E-state index is 9.56. The third-order valence-electron chi connectivity index (χ3n) is 3.20. The number of methoxy groups -OCH3 is 2. The molecule has 0 unspecified atom stereocenters. The van der Waals surface area contributed by atoms with Gasteiger partial charge in [-0.05, 0) is 28.8 Å². The molecule has 0 spiro atoms. The van der Waals surface area contributed by atoms with E-state index in [9.17, 15) is 5.11 Å². The molecule has 21 heavy (non-hydrogen) atoms. The summed E-state index contributed by atoms with van der Waals surface area (Å²) in [6, 6.07) is 13.7. The highest BCUT2D eigenvalue weighted by molar-refractivity contribution is 5.41. The lowest BCUT2D eigenvalue weighted by Crippen LogP contribution is -2.12. The molecule has 0 amide bonds. The van der Waals surface area contributed by atoms with Crippen LogP contribution >= 0.6 is 0 Å². The third-order valence-corrected chi connectivity index (χ3v) is 3.20. The van der Waals surface area contributed by atoms with Crippen LogP contribution in [0.4, 0.5) is 0 Å². The van der Waals surface area contributed by atoms with Crippen molar-refractivity contribution in [1.82, 2.24) is 5.32 Å². The largest absolute Gasteiger partial charge is 0.504 e. The Morgan fingerprint density at radius 2 is 1.67 bits per heavy atom. The zero-order valence-corrected chi connectivity index (χ0v) is 12.4. The van der Waals surface area contributed by atoms with Gasteiger partial charge in [-0.15, -0.1) is 0 Å². The summed E-state index contributed by atoms with van der Waals surface area (Å²) < 4.78 is 10.2. The number of nitrogens with one attached hydrogen (secondary N) is 1. The Hall–Kier alpha value is -2.04. The molecule has 0 heterocycles. The summed E-state index contributed by atoms with van der Waals surface area (Å²) in [7, 11) is 3.25. The molecular formula is C17H21NO3. The van der Waals surface area contributed by atoms with Gasteiger partial charge in [0.25, 0.3) is 0 Å². The molecule has 0 aliphatic heterocycles. The van der Waals surface area contributed by atoms with Crippen LogP contribution in [-0.2, 0) is 24.4 Å². The first-order valence-electron chi connectivity index (χ1n) is 6.86. The van der Waals surface area contributed by atoms with Gasteiger partial charge in [-0.25, -0.2) is 0 Å². The molecule has 2 rings (SSSR count). The van der Waals surface area contributed by atoms with Crippen LogP contribution in [0.2, 0.25) is 0 Å². The number of phenols is 1. The van der Waals surface area contributed by atoms with Crippen molar-refractivity contribution in [1.29, 1.82) is 0 Å². The number of benzene rings is 2. The van der Waals surface area contributed by atoms with Crippen LogP contribution in [0.15, 0.2) is 42.5 Å². The lowest BCUT2D eigenvalue weighted by Gasteiger charge is -2.09. The maximum Gasteiger partial charge on any atom is 0.160 e. The zero-order valence-electron chi connectivity index (χ0n) is 12.4. The van der Waals surface area contributed by atoms with E-state index in [1.807, 2.05) is 18.2 Å². The van der Waals surface area contributed by atoms with Crippen molar-refractivity contribution in [2.24, 2.45) is 0 Å². The highest BCUT2D eigenvalue weighted by Crippen LogP contribution is 2.26. The third kappa shape index (κ3) is 4.48. The standard InChI is InChI=1S/C17H21NO3/c1-20-12-15-5-3-4-13(8-15)10-18-11-14-6-7-16(19)17(9-14)21-2/h3-9,18-19H,10-12H2,1-2H3. The van der Waals surface area contributed by atoms with Gasteiger partial charge in [-0.3, -0.25) is 0 Å². The van der Waals surface area contributed by atoms with Crippen molar-refractivity contribution >= 4 is 0 Å². The first-order valence-corrected chi connectivity index (χ1v) is 6.86. The van der Waals surface area contributed by atoms with Crippen LogP contribution in [-0.4, -0.2) is 19.3 Å². The van der Waals surface area contributed by atoms with E-state index in [4.69, 9.17) is 9.47 Å². The van der Waals surface area contributed by atoms with Gasteiger partial charge in [0.1, 0.15) is 0 Å². The number of rotatable bonds is 7. The second-order valence-electron chi connectivity index (χ2n) is 4.86. The molecule has 0 fully saturated rings. The fourth-order valence-electron chi connectivity index (χ4n) is 2.18. The lowest BCUT2D eigenvalue weighted by atomic mass is 10.1. The smallest absolute Gasteiger partial charge is 0.160 e. The fraction of sp³-hybridized carbons (Fsp3) is 0.294. The first-order chi connectivity index (χ1) is 10.2. The summed E-state index contributed by atoms with van der Waals surface area (Å²) in [6.07, 6.45) is 0. The summed E-state index contributed by atoms with van der Waals surface area (Å²) in [6.45, 7) is 2.12. The molecule has 2 N–H and O–H groups in total. The fourth-order valence-corrected chi connectivity index (χ4v) is 2.18. The van der Waals surface area contributed by atoms with Crippen LogP contribution in [0.5, 0.6) is 11.5 Å². The summed E-state index contributed by atoms with van der Waals surface area (Å²) in [5.74, 6) is 0.657. The number of hydrogen-bond donors (Lipinski definition) is 2. The van der Waals surface area contributed by atoms with Crippen LogP contribution in [0.1, 0.15) is 16.7 Å². The van der Waals surface area contributed by atoms with Crippen LogP contribution in [0.3, 0.4) is 0 Å². The van der Waals surface area contributed by atoms with Crippen molar-refractivity contribution in [2.45, 2.75) is 19.7 Å². The Balaban J connectivity index is 1.90. The molecule has 0 saturated carbocycles. The molecule has 0 aliphatic rings. The summed E-state index contributed by atoms with van der Waals surface area (Å²) >= 11 is 0. The Labute approximate surface area is 125 Å². The number of hydrogen-bond acceptors (Lipinski definition) is 4. The molecule has 4 heteroatoms. The Bertz CT molecular complexity index is 584. The quantitative estimate of drug-likeness (QED) is 0.822. The molecular weight excluding hydrogens is 266 g/mol. The Morgan fingerprint density at radius 3 is 2.38 bits per heavy atom. The SMILES string of the molecule is COCc1cccc(CNCc2ccc(O)c(OC)c2)c1. The maximum atomic E-state index is 9.56. The summed E-state index contributed by atoms with van der Waals surface area (Å²) in [5, 5.41) is 12.9. The van der Waals surface area contributed by atoms with E-state index >= 15 is 0 Å². The topological polar surface area (TPSA) is 50.7 Å². The highest BCUT2D eigenvalue weighted by atomic mass is 16.5. The lowest BCUT2D eigenvalue weighted by molar-refractivity contribution is 0.185. The van der Waals surface area contributed by atoms with Gasteiger partial charge in [0.05, 0.1) is 13.7 Å². The minimum absolute atomic E-state index is 0.161. The number of aromatic hydroxyl groups is 1. The van der Waals surface area contributed by atoms with E-state index in [0.29, 0.717) is 18.9 Å². The van der Waals surface area contributed by atoms with E-state index in [0.717, 1.165) is 12.1 Å². The average molecular weight is 287 g/mol. The Kier molecular flexibility index (Phi) is 5.60. The number of ether oxygens (including phenoxy) is 2. The average Bonchev–Trinajstić information content (AvgIpc) is 2.50. The van der Waals surface area contributed by atoms with E-state index in [2.05, 4.69) is 23.5 Å². The molecule has 0 saturated heterocycles. The van der Waals surface area contributed by atoms with E-state index < -0.39 is 0 Å². The van der Waals surface area contributed by atoms with Gasteiger partial charge in [0, 0.05) is 20.2 Å². The van der Waals surface area contributed by atoms with Gasteiger partial charge in [0.15, 0.2) is 11.5 Å². The molecule has 2 aromatic carbocycles. The van der Waals surface area contributed by atoms with Gasteiger partial charge in [-0.1, -0.05) is 30.3 Å². The number of phenolic OH excluding ortho intramolecular Hbond substituents is 1. The molecule has 0 aromatic heterocycles. The van der Waals surface area contributed by atoms with Gasteiger partial charge in [0.2, 0.25) is 0 Å². The first kappa shape index (κ1) is 15.4. The second kappa shape index (κ2) is 7.67. The predicted molar refractivity (Wildman–Crippen MR) is 82.4 cm³/mol. The summed E-state index contributed by atoms with van der Waals surface area (Å²) in [5.41, 5.74) is 3.45.